The van der Waals surface area contributed by atoms with Gasteiger partial charge in [-0.25, -0.2) is 4.98 Å². The van der Waals surface area contributed by atoms with Crippen LogP contribution in [0, 0.1) is 0 Å². The van der Waals surface area contributed by atoms with Crippen molar-refractivity contribution in [2.75, 3.05) is 0 Å². The van der Waals surface area contributed by atoms with Gasteiger partial charge in [0.1, 0.15) is 5.82 Å². The maximum absolute atomic E-state index is 12.3. The maximum Gasteiger partial charge on any atom is 0.251 e. The van der Waals surface area contributed by atoms with Crippen molar-refractivity contribution >= 4 is 28.5 Å². The van der Waals surface area contributed by atoms with Crippen LogP contribution >= 0.6 is 11.6 Å². The van der Waals surface area contributed by atoms with Gasteiger partial charge < -0.3 is 9.88 Å². The number of unbranched alkanes of at least 4 members (excludes halogenated alkanes) is 1. The van der Waals surface area contributed by atoms with Gasteiger partial charge in [0.15, 0.2) is 0 Å². The minimum absolute atomic E-state index is 0.124. The second-order valence-electron chi connectivity index (χ2n) is 5.71. The lowest BCUT2D eigenvalue weighted by Crippen LogP contribution is -2.24. The fourth-order valence-electron chi connectivity index (χ4n) is 2.69. The summed E-state index contributed by atoms with van der Waals surface area (Å²) in [5, 5.41) is 3.57. The molecule has 0 saturated carbocycles. The van der Waals surface area contributed by atoms with Crippen molar-refractivity contribution in [3.63, 3.8) is 0 Å². The number of halogens is 1. The van der Waals surface area contributed by atoms with Crippen molar-refractivity contribution in [3.8, 4) is 0 Å². The molecule has 4 nitrogen and oxygen atoms in total. The Morgan fingerprint density at radius 1 is 1.17 bits per heavy atom. The SMILES string of the molecule is CCCCn1c(CNC(=O)c2ccc(Cl)cc2)nc2ccccc21. The van der Waals surface area contributed by atoms with Crippen LogP contribution in [0.3, 0.4) is 0 Å². The van der Waals surface area contributed by atoms with Crippen molar-refractivity contribution in [1.29, 1.82) is 0 Å². The summed E-state index contributed by atoms with van der Waals surface area (Å²) in [5.74, 6) is 0.757. The van der Waals surface area contributed by atoms with Crippen LogP contribution in [0.5, 0.6) is 0 Å². The molecule has 24 heavy (non-hydrogen) atoms. The highest BCUT2D eigenvalue weighted by molar-refractivity contribution is 6.30. The first-order chi connectivity index (χ1) is 11.7. The number of rotatable bonds is 6. The van der Waals surface area contributed by atoms with Crippen LogP contribution < -0.4 is 5.32 Å². The third-order valence-corrected chi connectivity index (χ3v) is 4.23. The number of hydrogen-bond acceptors (Lipinski definition) is 2. The molecule has 2 aromatic carbocycles. The Morgan fingerprint density at radius 3 is 2.67 bits per heavy atom. The second kappa shape index (κ2) is 7.49. The third kappa shape index (κ3) is 3.60. The van der Waals surface area contributed by atoms with Gasteiger partial charge in [0.25, 0.3) is 5.91 Å². The highest BCUT2D eigenvalue weighted by atomic mass is 35.5. The van der Waals surface area contributed by atoms with Crippen molar-refractivity contribution in [2.45, 2.75) is 32.9 Å². The summed E-state index contributed by atoms with van der Waals surface area (Å²) in [6.07, 6.45) is 2.20. The summed E-state index contributed by atoms with van der Waals surface area (Å²) in [6, 6.07) is 14.9. The average molecular weight is 342 g/mol. The lowest BCUT2D eigenvalue weighted by molar-refractivity contribution is 0.0949. The van der Waals surface area contributed by atoms with E-state index in [0.717, 1.165) is 36.2 Å². The Kier molecular flexibility index (Phi) is 5.16. The minimum atomic E-state index is -0.124. The number of fused-ring (bicyclic) bond motifs is 1. The topological polar surface area (TPSA) is 46.9 Å². The fourth-order valence-corrected chi connectivity index (χ4v) is 2.81. The molecule has 0 aliphatic rings. The van der Waals surface area contributed by atoms with Crippen LogP contribution in [0.1, 0.15) is 35.9 Å². The number of nitrogens with one attached hydrogen (secondary N) is 1. The van der Waals surface area contributed by atoms with Gasteiger partial charge in [-0.3, -0.25) is 4.79 Å². The Bertz CT molecular complexity index is 839. The zero-order chi connectivity index (χ0) is 16.9. The largest absolute Gasteiger partial charge is 0.345 e. The number of benzene rings is 2. The first kappa shape index (κ1) is 16.5. The van der Waals surface area contributed by atoms with Crippen molar-refractivity contribution in [1.82, 2.24) is 14.9 Å². The standard InChI is InChI=1S/C19H20ClN3O/c1-2-3-12-23-17-7-5-4-6-16(17)22-18(23)13-21-19(24)14-8-10-15(20)11-9-14/h4-11H,2-3,12-13H2,1H3,(H,21,24). The predicted molar refractivity (Wildman–Crippen MR) is 97.3 cm³/mol. The number of amides is 1. The van der Waals surface area contributed by atoms with Gasteiger partial charge in [-0.1, -0.05) is 37.1 Å². The molecule has 0 unspecified atom stereocenters. The third-order valence-electron chi connectivity index (χ3n) is 3.98. The van der Waals surface area contributed by atoms with E-state index in [1.54, 1.807) is 24.3 Å². The molecule has 0 bridgehead atoms. The lowest BCUT2D eigenvalue weighted by Gasteiger charge is -2.10. The quantitative estimate of drug-likeness (QED) is 0.721. The van der Waals surface area contributed by atoms with Crippen LogP contribution in [0.15, 0.2) is 48.5 Å². The molecule has 0 saturated heterocycles. The molecule has 1 aromatic heterocycles. The van der Waals surface area contributed by atoms with Gasteiger partial charge in [-0.05, 0) is 42.8 Å². The van der Waals surface area contributed by atoms with Gasteiger partial charge in [0.2, 0.25) is 0 Å². The first-order valence-corrected chi connectivity index (χ1v) is 8.54. The molecule has 124 valence electrons. The van der Waals surface area contributed by atoms with E-state index in [1.165, 1.54) is 0 Å². The number of nitrogens with zero attached hydrogens (tertiary/aromatic N) is 2. The fraction of sp³-hybridized carbons (Fsp3) is 0.263. The number of hydrogen-bond donors (Lipinski definition) is 1. The average Bonchev–Trinajstić information content (AvgIpc) is 2.96. The molecule has 3 aromatic rings. The zero-order valence-electron chi connectivity index (χ0n) is 13.6. The van der Waals surface area contributed by atoms with E-state index in [4.69, 9.17) is 11.6 Å². The number of carbonyl (C=O) groups is 1. The molecule has 1 N–H and O–H groups in total. The number of imidazole rings is 1. The van der Waals surface area contributed by atoms with E-state index in [2.05, 4.69) is 27.9 Å². The lowest BCUT2D eigenvalue weighted by atomic mass is 10.2. The highest BCUT2D eigenvalue weighted by Crippen LogP contribution is 2.17. The molecule has 0 radical (unpaired) electrons. The van der Waals surface area contributed by atoms with Crippen molar-refractivity contribution in [2.24, 2.45) is 0 Å². The van der Waals surface area contributed by atoms with Gasteiger partial charge in [0, 0.05) is 17.1 Å². The van der Waals surface area contributed by atoms with Gasteiger partial charge in [-0.2, -0.15) is 0 Å². The molecule has 0 aliphatic heterocycles. The summed E-state index contributed by atoms with van der Waals surface area (Å²) in [6.45, 7) is 3.48. The normalized spacial score (nSPS) is 10.9. The number of carbonyl (C=O) groups excluding carboxylic acids is 1. The summed E-state index contributed by atoms with van der Waals surface area (Å²) < 4.78 is 2.20. The van der Waals surface area contributed by atoms with E-state index >= 15 is 0 Å². The van der Waals surface area contributed by atoms with Crippen molar-refractivity contribution < 1.29 is 4.79 Å². The molecule has 3 rings (SSSR count). The zero-order valence-corrected chi connectivity index (χ0v) is 14.4. The molecular weight excluding hydrogens is 322 g/mol. The van der Waals surface area contributed by atoms with Crippen molar-refractivity contribution in [3.05, 3.63) is 64.9 Å². The molecule has 5 heteroatoms. The molecule has 0 fully saturated rings. The van der Waals surface area contributed by atoms with E-state index in [1.807, 2.05) is 18.2 Å². The molecule has 0 spiro atoms. The van der Waals surface area contributed by atoms with E-state index in [9.17, 15) is 4.79 Å². The summed E-state index contributed by atoms with van der Waals surface area (Å²) in [5.41, 5.74) is 2.67. The van der Waals surface area contributed by atoms with Crippen LogP contribution in [-0.4, -0.2) is 15.5 Å². The number of aryl methyl sites for hydroxylation is 1. The van der Waals surface area contributed by atoms with Crippen LogP contribution in [-0.2, 0) is 13.1 Å². The maximum atomic E-state index is 12.3. The van der Waals surface area contributed by atoms with Gasteiger partial charge in [-0.15, -0.1) is 0 Å². The second-order valence-corrected chi connectivity index (χ2v) is 6.15. The van der Waals surface area contributed by atoms with Gasteiger partial charge in [0.05, 0.1) is 17.6 Å². The van der Waals surface area contributed by atoms with Crippen LogP contribution in [0.2, 0.25) is 5.02 Å². The number of aromatic nitrogens is 2. The Labute approximate surface area is 146 Å². The smallest absolute Gasteiger partial charge is 0.251 e. The Morgan fingerprint density at radius 2 is 1.92 bits per heavy atom. The minimum Gasteiger partial charge on any atom is -0.345 e. The molecule has 0 atom stereocenters. The molecule has 1 heterocycles. The molecule has 0 aliphatic carbocycles. The van der Waals surface area contributed by atoms with E-state index in [-0.39, 0.29) is 5.91 Å². The molecule has 1 amide bonds. The Balaban J connectivity index is 1.78. The van der Waals surface area contributed by atoms with E-state index in [0.29, 0.717) is 17.1 Å². The first-order valence-electron chi connectivity index (χ1n) is 8.17. The monoisotopic (exact) mass is 341 g/mol. The predicted octanol–water partition coefficient (Wildman–Crippen LogP) is 4.42. The van der Waals surface area contributed by atoms with Gasteiger partial charge >= 0.3 is 0 Å². The summed E-state index contributed by atoms with van der Waals surface area (Å²) in [4.78, 5) is 17.0. The van der Waals surface area contributed by atoms with Crippen LogP contribution in [0.25, 0.3) is 11.0 Å². The summed E-state index contributed by atoms with van der Waals surface area (Å²) in [7, 11) is 0. The molecular formula is C19H20ClN3O. The number of para-hydroxylation sites is 2. The summed E-state index contributed by atoms with van der Waals surface area (Å²) >= 11 is 5.86. The van der Waals surface area contributed by atoms with E-state index < -0.39 is 0 Å². The Hall–Kier alpha value is -2.33. The highest BCUT2D eigenvalue weighted by Gasteiger charge is 2.12. The van der Waals surface area contributed by atoms with Crippen LogP contribution in [0.4, 0.5) is 0 Å².